The van der Waals surface area contributed by atoms with Crippen molar-refractivity contribution in [1.29, 1.82) is 0 Å². The molecular formula is C19H20IN5. The molecule has 1 aliphatic rings. The highest BCUT2D eigenvalue weighted by Crippen LogP contribution is 2.32. The van der Waals surface area contributed by atoms with Crippen LogP contribution in [0.15, 0.2) is 61.1 Å². The molecule has 128 valence electrons. The van der Waals surface area contributed by atoms with E-state index in [-0.39, 0.29) is 24.0 Å². The van der Waals surface area contributed by atoms with E-state index in [2.05, 4.69) is 32.4 Å². The minimum absolute atomic E-state index is 0. The Balaban J connectivity index is 0.00000182. The molecule has 1 saturated heterocycles. The second kappa shape index (κ2) is 8.46. The Hall–Kier alpha value is -1.90. The molecule has 0 radical (unpaired) electrons. The van der Waals surface area contributed by atoms with Crippen LogP contribution in [0.4, 0.5) is 5.69 Å². The molecule has 0 saturated carbocycles. The number of halogens is 1. The summed E-state index contributed by atoms with van der Waals surface area (Å²) in [4.78, 5) is 15.2. The predicted molar refractivity (Wildman–Crippen MR) is 93.9 cm³/mol. The lowest BCUT2D eigenvalue weighted by Gasteiger charge is -2.26. The Morgan fingerprint density at radius 3 is 2.08 bits per heavy atom. The number of nitrogens with zero attached hydrogens (tertiary/aromatic N) is 3. The zero-order valence-electron chi connectivity index (χ0n) is 13.8. The van der Waals surface area contributed by atoms with E-state index >= 15 is 0 Å². The highest BCUT2D eigenvalue weighted by atomic mass is 127. The van der Waals surface area contributed by atoms with Crippen molar-refractivity contribution in [1.82, 2.24) is 20.3 Å². The van der Waals surface area contributed by atoms with E-state index in [1.807, 2.05) is 48.9 Å². The largest absolute Gasteiger partial charge is 1.00 e. The molecule has 5 nitrogen and oxygen atoms in total. The first-order valence-electron chi connectivity index (χ1n) is 8.31. The number of pyridine rings is 3. The standard InChI is InChI=1S/C19H19N5.HI/c1-3-8-21-15(5-1)18-17(24-13-11-20-12-14-24)7-10-23-19(18)16-6-2-4-9-22-16;/h1-10,20H,11-14H2;1H. The number of hydrogen-bond donors (Lipinski definition) is 2. The van der Waals surface area contributed by atoms with E-state index < -0.39 is 0 Å². The topological polar surface area (TPSA) is 55.1 Å². The predicted octanol–water partition coefficient (Wildman–Crippen LogP) is -1.67. The SMILES string of the molecule is [I-].c1ccc(-c2nccc([NH+]3CCNCC3)c2-c2ccccn2)nc1. The summed E-state index contributed by atoms with van der Waals surface area (Å²) in [6.45, 7) is 4.17. The quantitative estimate of drug-likeness (QED) is 0.474. The van der Waals surface area contributed by atoms with Crippen molar-refractivity contribution >= 4 is 5.69 Å². The summed E-state index contributed by atoms with van der Waals surface area (Å²) in [6.07, 6.45) is 5.53. The molecule has 6 heteroatoms. The highest BCUT2D eigenvalue weighted by molar-refractivity contribution is 5.84. The van der Waals surface area contributed by atoms with Gasteiger partial charge in [-0.1, -0.05) is 12.1 Å². The van der Waals surface area contributed by atoms with Crippen molar-refractivity contribution in [2.45, 2.75) is 0 Å². The molecule has 0 amide bonds. The summed E-state index contributed by atoms with van der Waals surface area (Å²) in [6, 6.07) is 14.1. The Morgan fingerprint density at radius 1 is 0.760 bits per heavy atom. The first-order valence-corrected chi connectivity index (χ1v) is 8.31. The molecule has 4 heterocycles. The molecule has 1 fully saturated rings. The fourth-order valence-corrected chi connectivity index (χ4v) is 3.22. The van der Waals surface area contributed by atoms with Gasteiger partial charge < -0.3 is 29.3 Å². The third-order valence-electron chi connectivity index (χ3n) is 4.37. The van der Waals surface area contributed by atoms with Gasteiger partial charge in [-0.15, -0.1) is 0 Å². The lowest BCUT2D eigenvalue weighted by atomic mass is 10.0. The van der Waals surface area contributed by atoms with Crippen molar-refractivity contribution in [3.8, 4) is 22.6 Å². The normalized spacial score (nSPS) is 14.7. The molecule has 0 aromatic carbocycles. The number of quaternary nitrogens is 1. The Labute approximate surface area is 164 Å². The van der Waals surface area contributed by atoms with Crippen LogP contribution in [-0.4, -0.2) is 41.1 Å². The van der Waals surface area contributed by atoms with Gasteiger partial charge in [0.1, 0.15) is 11.4 Å². The molecule has 0 aliphatic carbocycles. The molecule has 2 N–H and O–H groups in total. The van der Waals surface area contributed by atoms with Crippen molar-refractivity contribution in [2.24, 2.45) is 0 Å². The molecule has 3 aromatic rings. The molecule has 0 atom stereocenters. The van der Waals surface area contributed by atoms with Crippen LogP contribution in [0.3, 0.4) is 0 Å². The minimum atomic E-state index is 0. The first kappa shape index (κ1) is 17.9. The molecular weight excluding hydrogens is 425 g/mol. The van der Waals surface area contributed by atoms with Crippen molar-refractivity contribution in [3.63, 3.8) is 0 Å². The zero-order valence-corrected chi connectivity index (χ0v) is 16.0. The molecule has 4 rings (SSSR count). The van der Waals surface area contributed by atoms with Gasteiger partial charge in [-0.05, 0) is 24.3 Å². The summed E-state index contributed by atoms with van der Waals surface area (Å²) >= 11 is 0. The van der Waals surface area contributed by atoms with Gasteiger partial charge in [0.2, 0.25) is 0 Å². The van der Waals surface area contributed by atoms with Crippen molar-refractivity contribution < 1.29 is 28.9 Å². The van der Waals surface area contributed by atoms with Gasteiger partial charge in [-0.3, -0.25) is 19.9 Å². The number of nitrogens with one attached hydrogen (secondary N) is 2. The first-order chi connectivity index (χ1) is 11.9. The van der Waals surface area contributed by atoms with Crippen molar-refractivity contribution in [3.05, 3.63) is 61.1 Å². The van der Waals surface area contributed by atoms with E-state index in [0.29, 0.717) is 0 Å². The van der Waals surface area contributed by atoms with E-state index in [0.717, 1.165) is 48.8 Å². The molecule has 1 aliphatic heterocycles. The summed E-state index contributed by atoms with van der Waals surface area (Å²) in [5.74, 6) is 0. The average Bonchev–Trinajstić information content (AvgIpc) is 2.69. The van der Waals surface area contributed by atoms with Gasteiger partial charge in [0.05, 0.1) is 30.0 Å². The average molecular weight is 445 g/mol. The monoisotopic (exact) mass is 445 g/mol. The van der Waals surface area contributed by atoms with Crippen LogP contribution in [0, 0.1) is 0 Å². The number of rotatable bonds is 3. The third kappa shape index (κ3) is 3.86. The maximum atomic E-state index is 4.65. The molecule has 0 unspecified atom stereocenters. The second-order valence-electron chi connectivity index (χ2n) is 5.87. The van der Waals surface area contributed by atoms with Gasteiger partial charge in [0.25, 0.3) is 0 Å². The summed E-state index contributed by atoms with van der Waals surface area (Å²) in [5.41, 5.74) is 5.08. The maximum Gasteiger partial charge on any atom is 0.144 e. The van der Waals surface area contributed by atoms with Gasteiger partial charge in [0, 0.05) is 37.7 Å². The van der Waals surface area contributed by atoms with E-state index in [4.69, 9.17) is 0 Å². The molecule has 25 heavy (non-hydrogen) atoms. The second-order valence-corrected chi connectivity index (χ2v) is 5.87. The number of aromatic nitrogens is 3. The summed E-state index contributed by atoms with van der Waals surface area (Å²) < 4.78 is 0. The van der Waals surface area contributed by atoms with Crippen LogP contribution in [0.1, 0.15) is 0 Å². The summed E-state index contributed by atoms with van der Waals surface area (Å²) in [5, 5.41) is 3.43. The van der Waals surface area contributed by atoms with Crippen LogP contribution < -0.4 is 34.2 Å². The van der Waals surface area contributed by atoms with Crippen LogP contribution in [0.2, 0.25) is 0 Å². The lowest BCUT2D eigenvalue weighted by molar-refractivity contribution is -0.834. The van der Waals surface area contributed by atoms with E-state index in [9.17, 15) is 0 Å². The smallest absolute Gasteiger partial charge is 0.144 e. The fourth-order valence-electron chi connectivity index (χ4n) is 3.22. The lowest BCUT2D eigenvalue weighted by Crippen LogP contribution is -3.10. The van der Waals surface area contributed by atoms with Crippen molar-refractivity contribution in [2.75, 3.05) is 26.2 Å². The van der Waals surface area contributed by atoms with Gasteiger partial charge in [0.15, 0.2) is 0 Å². The Morgan fingerprint density at radius 2 is 1.44 bits per heavy atom. The maximum absolute atomic E-state index is 4.65. The molecule has 0 spiro atoms. The van der Waals surface area contributed by atoms with Gasteiger partial charge >= 0.3 is 0 Å². The molecule has 0 bridgehead atoms. The van der Waals surface area contributed by atoms with Crippen LogP contribution in [0.25, 0.3) is 22.6 Å². The van der Waals surface area contributed by atoms with Crippen LogP contribution >= 0.6 is 0 Å². The van der Waals surface area contributed by atoms with E-state index in [1.165, 1.54) is 10.6 Å². The summed E-state index contributed by atoms with van der Waals surface area (Å²) in [7, 11) is 0. The molecule has 3 aromatic heterocycles. The number of hydrogen-bond acceptors (Lipinski definition) is 4. The van der Waals surface area contributed by atoms with Gasteiger partial charge in [-0.25, -0.2) is 0 Å². The Bertz CT molecular complexity index is 805. The number of piperazine rings is 1. The third-order valence-corrected chi connectivity index (χ3v) is 4.37. The van der Waals surface area contributed by atoms with Crippen LogP contribution in [0.5, 0.6) is 0 Å². The zero-order chi connectivity index (χ0) is 16.2. The van der Waals surface area contributed by atoms with E-state index in [1.54, 1.807) is 0 Å². The van der Waals surface area contributed by atoms with Crippen LogP contribution in [-0.2, 0) is 0 Å². The van der Waals surface area contributed by atoms with Gasteiger partial charge in [-0.2, -0.15) is 0 Å². The minimum Gasteiger partial charge on any atom is -1.00 e. The fraction of sp³-hybridized carbons (Fsp3) is 0.211. The highest BCUT2D eigenvalue weighted by Gasteiger charge is 2.24. The Kier molecular flexibility index (Phi) is 6.06.